The Morgan fingerprint density at radius 3 is 2.86 bits per heavy atom. The van der Waals surface area contributed by atoms with E-state index in [1.54, 1.807) is 13.1 Å². The number of halogens is 2. The first-order valence-electron chi connectivity index (χ1n) is 6.22. The van der Waals surface area contributed by atoms with Gasteiger partial charge in [-0.3, -0.25) is 4.79 Å². The molecule has 21 heavy (non-hydrogen) atoms. The third-order valence-corrected chi connectivity index (χ3v) is 4.13. The molecule has 0 aliphatic carbocycles. The van der Waals surface area contributed by atoms with Crippen LogP contribution in [0.4, 0.5) is 5.13 Å². The van der Waals surface area contributed by atoms with E-state index in [0.29, 0.717) is 5.13 Å². The number of carbonyl (C=O) groups excluding carboxylic acids is 1. The zero-order valence-corrected chi connectivity index (χ0v) is 14.1. The second kappa shape index (κ2) is 7.75. The maximum absolute atomic E-state index is 11.5. The smallest absolute Gasteiger partial charge is 0.242 e. The van der Waals surface area contributed by atoms with Crippen LogP contribution in [0, 0.1) is 6.92 Å². The minimum atomic E-state index is -0.543. The molecule has 2 rings (SSSR count). The number of hydrogen-bond donors (Lipinski definition) is 2. The van der Waals surface area contributed by atoms with Crippen molar-refractivity contribution in [2.45, 2.75) is 26.3 Å². The number of nitrogens with one attached hydrogen (secondary N) is 1. The number of hydrogen-bond acceptors (Lipinski definition) is 4. The molecule has 1 unspecified atom stereocenters. The third kappa shape index (κ3) is 4.97. The number of thiazole rings is 1. The molecular formula is C14H17Cl2N3OS. The van der Waals surface area contributed by atoms with E-state index in [0.717, 1.165) is 27.4 Å². The Hall–Kier alpha value is -1.14. The number of nitrogens with two attached hydrogens (primary N) is 1. The van der Waals surface area contributed by atoms with Crippen molar-refractivity contribution >= 4 is 46.4 Å². The molecule has 2 aromatic rings. The topological polar surface area (TPSA) is 68.0 Å². The van der Waals surface area contributed by atoms with Gasteiger partial charge in [0.1, 0.15) is 0 Å². The second-order valence-electron chi connectivity index (χ2n) is 4.67. The molecule has 0 aliphatic heterocycles. The summed E-state index contributed by atoms with van der Waals surface area (Å²) in [6.07, 6.45) is 2.50. The van der Waals surface area contributed by atoms with E-state index in [2.05, 4.69) is 10.3 Å². The van der Waals surface area contributed by atoms with Gasteiger partial charge in [-0.25, -0.2) is 4.98 Å². The predicted octanol–water partition coefficient (Wildman–Crippen LogP) is 3.40. The van der Waals surface area contributed by atoms with E-state index in [9.17, 15) is 4.79 Å². The summed E-state index contributed by atoms with van der Waals surface area (Å²) in [5, 5.41) is 4.02. The average molecular weight is 346 g/mol. The van der Waals surface area contributed by atoms with Crippen LogP contribution in [-0.2, 0) is 11.2 Å². The largest absolute Gasteiger partial charge is 0.320 e. The van der Waals surface area contributed by atoms with Crippen LogP contribution >= 0.6 is 35.3 Å². The molecule has 0 bridgehead atoms. The maximum atomic E-state index is 11.5. The van der Waals surface area contributed by atoms with Gasteiger partial charge in [0.05, 0.1) is 6.04 Å². The molecule has 1 amide bonds. The summed E-state index contributed by atoms with van der Waals surface area (Å²) in [6.45, 7) is 3.61. The number of rotatable bonds is 4. The Bertz CT molecular complexity index is 628. The van der Waals surface area contributed by atoms with Crippen molar-refractivity contribution in [3.05, 3.63) is 45.4 Å². The van der Waals surface area contributed by atoms with Crippen molar-refractivity contribution < 1.29 is 4.79 Å². The zero-order chi connectivity index (χ0) is 14.7. The molecule has 114 valence electrons. The van der Waals surface area contributed by atoms with Gasteiger partial charge in [0, 0.05) is 22.5 Å². The highest BCUT2D eigenvalue weighted by Crippen LogP contribution is 2.23. The Kier molecular flexibility index (Phi) is 6.61. The average Bonchev–Trinajstić information content (AvgIpc) is 2.81. The van der Waals surface area contributed by atoms with Gasteiger partial charge in [-0.15, -0.1) is 23.7 Å². The van der Waals surface area contributed by atoms with Crippen molar-refractivity contribution in [1.82, 2.24) is 4.98 Å². The number of benzene rings is 1. The second-order valence-corrected chi connectivity index (χ2v) is 6.19. The van der Waals surface area contributed by atoms with E-state index in [4.69, 9.17) is 17.3 Å². The zero-order valence-electron chi connectivity index (χ0n) is 11.7. The quantitative estimate of drug-likeness (QED) is 0.892. The number of carbonyl (C=O) groups is 1. The van der Waals surface area contributed by atoms with Gasteiger partial charge in [-0.05, 0) is 31.0 Å². The van der Waals surface area contributed by atoms with Crippen molar-refractivity contribution in [3.63, 3.8) is 0 Å². The standard InChI is InChI=1S/C14H16ClN3OS.ClH/c1-8-3-4-10(6-12(8)15)5-11-7-17-14(20-11)18-13(19)9(2)16;/h3-4,6-7,9H,5,16H2,1-2H3,(H,17,18,19);1H. The Morgan fingerprint density at radius 1 is 1.52 bits per heavy atom. The summed E-state index contributed by atoms with van der Waals surface area (Å²) in [5.41, 5.74) is 7.67. The fourth-order valence-electron chi connectivity index (χ4n) is 1.61. The number of aromatic nitrogens is 1. The Labute approximate surface area is 139 Å². The highest BCUT2D eigenvalue weighted by molar-refractivity contribution is 7.15. The Morgan fingerprint density at radius 2 is 2.24 bits per heavy atom. The van der Waals surface area contributed by atoms with Crippen LogP contribution in [-0.4, -0.2) is 16.9 Å². The van der Waals surface area contributed by atoms with Crippen molar-refractivity contribution in [3.8, 4) is 0 Å². The van der Waals surface area contributed by atoms with E-state index in [1.165, 1.54) is 11.3 Å². The summed E-state index contributed by atoms with van der Waals surface area (Å²) < 4.78 is 0. The van der Waals surface area contributed by atoms with E-state index < -0.39 is 6.04 Å². The predicted molar refractivity (Wildman–Crippen MR) is 90.6 cm³/mol. The van der Waals surface area contributed by atoms with Gasteiger partial charge >= 0.3 is 0 Å². The minimum Gasteiger partial charge on any atom is -0.320 e. The Balaban J connectivity index is 0.00000220. The van der Waals surface area contributed by atoms with Crippen LogP contribution in [0.1, 0.15) is 22.9 Å². The molecule has 0 saturated carbocycles. The lowest BCUT2D eigenvalue weighted by molar-refractivity contribution is -0.117. The molecule has 0 radical (unpaired) electrons. The highest BCUT2D eigenvalue weighted by atomic mass is 35.5. The van der Waals surface area contributed by atoms with Crippen molar-refractivity contribution in [2.75, 3.05) is 5.32 Å². The number of nitrogens with zero attached hydrogens (tertiary/aromatic N) is 1. The summed E-state index contributed by atoms with van der Waals surface area (Å²) in [7, 11) is 0. The number of amides is 1. The maximum Gasteiger partial charge on any atom is 0.242 e. The number of anilines is 1. The van der Waals surface area contributed by atoms with Gasteiger partial charge in [0.25, 0.3) is 0 Å². The monoisotopic (exact) mass is 345 g/mol. The van der Waals surface area contributed by atoms with Gasteiger partial charge in [-0.1, -0.05) is 23.7 Å². The summed E-state index contributed by atoms with van der Waals surface area (Å²) >= 11 is 7.55. The fraction of sp³-hybridized carbons (Fsp3) is 0.286. The lowest BCUT2D eigenvalue weighted by Gasteiger charge is -2.03. The van der Waals surface area contributed by atoms with Crippen molar-refractivity contribution in [1.29, 1.82) is 0 Å². The van der Waals surface area contributed by atoms with Crippen LogP contribution < -0.4 is 11.1 Å². The lowest BCUT2D eigenvalue weighted by atomic mass is 10.1. The number of aryl methyl sites for hydroxylation is 1. The van der Waals surface area contributed by atoms with Crippen LogP contribution in [0.5, 0.6) is 0 Å². The summed E-state index contributed by atoms with van der Waals surface area (Å²) in [5.74, 6) is -0.232. The molecule has 1 aromatic heterocycles. The van der Waals surface area contributed by atoms with E-state index in [-0.39, 0.29) is 18.3 Å². The van der Waals surface area contributed by atoms with Gasteiger partial charge in [0.2, 0.25) is 5.91 Å². The first-order chi connectivity index (χ1) is 9.45. The molecule has 7 heteroatoms. The molecule has 0 fully saturated rings. The molecule has 0 saturated heterocycles. The third-order valence-electron chi connectivity index (χ3n) is 2.81. The van der Waals surface area contributed by atoms with Crippen molar-refractivity contribution in [2.24, 2.45) is 5.73 Å². The van der Waals surface area contributed by atoms with Crippen LogP contribution in [0.3, 0.4) is 0 Å². The molecule has 0 aliphatic rings. The van der Waals surface area contributed by atoms with Gasteiger partial charge in [0.15, 0.2) is 5.13 Å². The molecule has 3 N–H and O–H groups in total. The van der Waals surface area contributed by atoms with E-state index >= 15 is 0 Å². The molecule has 1 heterocycles. The molecular weight excluding hydrogens is 329 g/mol. The summed E-state index contributed by atoms with van der Waals surface area (Å²) in [4.78, 5) is 16.7. The first-order valence-corrected chi connectivity index (χ1v) is 7.41. The van der Waals surface area contributed by atoms with Gasteiger partial charge in [-0.2, -0.15) is 0 Å². The van der Waals surface area contributed by atoms with Crippen LogP contribution in [0.2, 0.25) is 5.02 Å². The normalized spacial score (nSPS) is 11.6. The highest BCUT2D eigenvalue weighted by Gasteiger charge is 2.10. The molecule has 1 aromatic carbocycles. The summed E-state index contributed by atoms with van der Waals surface area (Å²) in [6, 6.07) is 5.45. The molecule has 4 nitrogen and oxygen atoms in total. The van der Waals surface area contributed by atoms with E-state index in [1.807, 2.05) is 25.1 Å². The van der Waals surface area contributed by atoms with Crippen LogP contribution in [0.15, 0.2) is 24.4 Å². The first kappa shape index (κ1) is 17.9. The SMILES string of the molecule is Cc1ccc(Cc2cnc(NC(=O)C(C)N)s2)cc1Cl.Cl. The van der Waals surface area contributed by atoms with Gasteiger partial charge < -0.3 is 11.1 Å². The van der Waals surface area contributed by atoms with Crippen LogP contribution in [0.25, 0.3) is 0 Å². The molecule has 1 atom stereocenters. The fourth-order valence-corrected chi connectivity index (χ4v) is 2.67. The minimum absolute atomic E-state index is 0. The lowest BCUT2D eigenvalue weighted by Crippen LogP contribution is -2.32. The molecule has 0 spiro atoms.